The van der Waals surface area contributed by atoms with Crippen LogP contribution in [-0.4, -0.2) is 5.91 Å². The summed E-state index contributed by atoms with van der Waals surface area (Å²) in [5, 5.41) is 0. The van der Waals surface area contributed by atoms with Crippen LogP contribution in [0.25, 0.3) is 0 Å². The zero-order valence-electron chi connectivity index (χ0n) is 8.91. The van der Waals surface area contributed by atoms with Crippen LogP contribution in [-0.2, 0) is 12.4 Å². The van der Waals surface area contributed by atoms with Crippen molar-refractivity contribution in [3.63, 3.8) is 0 Å². The van der Waals surface area contributed by atoms with E-state index < -0.39 is 35.0 Å². The van der Waals surface area contributed by atoms with Crippen molar-refractivity contribution < 1.29 is 31.1 Å². The summed E-state index contributed by atoms with van der Waals surface area (Å²) in [6, 6.07) is 1.06. The SMILES string of the molecule is Cc1ccc(C(F)(F)F)c(C(F)(F)F)c1C(N)=O. The summed E-state index contributed by atoms with van der Waals surface area (Å²) in [5.74, 6) is -1.55. The monoisotopic (exact) mass is 271 g/mol. The quantitative estimate of drug-likeness (QED) is 0.783. The van der Waals surface area contributed by atoms with Crippen molar-refractivity contribution in [3.05, 3.63) is 34.4 Å². The van der Waals surface area contributed by atoms with Crippen molar-refractivity contribution in [2.45, 2.75) is 19.3 Å². The fraction of sp³-hybridized carbons (Fsp3) is 0.300. The second-order valence-electron chi connectivity index (χ2n) is 3.54. The average Bonchev–Trinajstić information content (AvgIpc) is 2.12. The van der Waals surface area contributed by atoms with Gasteiger partial charge in [-0.25, -0.2) is 0 Å². The molecule has 0 unspecified atom stereocenters. The lowest BCUT2D eigenvalue weighted by molar-refractivity contribution is -0.162. The summed E-state index contributed by atoms with van der Waals surface area (Å²) >= 11 is 0. The summed E-state index contributed by atoms with van der Waals surface area (Å²) < 4.78 is 75.5. The molecule has 0 bridgehead atoms. The third kappa shape index (κ3) is 2.57. The van der Waals surface area contributed by atoms with Crippen LogP contribution in [0.1, 0.15) is 27.0 Å². The fourth-order valence-electron chi connectivity index (χ4n) is 1.56. The third-order valence-corrected chi connectivity index (χ3v) is 2.25. The normalized spacial score (nSPS) is 12.6. The number of rotatable bonds is 1. The lowest BCUT2D eigenvalue weighted by Crippen LogP contribution is -2.25. The molecule has 0 heterocycles. The van der Waals surface area contributed by atoms with Crippen LogP contribution in [0.2, 0.25) is 0 Å². The topological polar surface area (TPSA) is 43.1 Å². The maximum atomic E-state index is 12.7. The molecule has 18 heavy (non-hydrogen) atoms. The van der Waals surface area contributed by atoms with E-state index in [9.17, 15) is 31.1 Å². The molecule has 0 atom stereocenters. The highest BCUT2D eigenvalue weighted by molar-refractivity contribution is 5.96. The van der Waals surface area contributed by atoms with Gasteiger partial charge in [0, 0.05) is 0 Å². The lowest BCUT2D eigenvalue weighted by atomic mass is 9.95. The molecular weight excluding hydrogens is 264 g/mol. The molecule has 2 N–H and O–H groups in total. The Morgan fingerprint density at radius 1 is 1.06 bits per heavy atom. The van der Waals surface area contributed by atoms with Gasteiger partial charge in [-0.05, 0) is 18.6 Å². The first-order valence-corrected chi connectivity index (χ1v) is 4.54. The number of hydrogen-bond acceptors (Lipinski definition) is 1. The minimum atomic E-state index is -5.32. The molecule has 100 valence electrons. The molecule has 0 spiro atoms. The molecule has 0 aliphatic rings. The molecule has 2 nitrogen and oxygen atoms in total. The minimum Gasteiger partial charge on any atom is -0.366 e. The van der Waals surface area contributed by atoms with Gasteiger partial charge in [-0.1, -0.05) is 6.07 Å². The summed E-state index contributed by atoms with van der Waals surface area (Å²) in [6.45, 7) is 1.08. The standard InChI is InChI=1S/C10H7F6NO/c1-4-2-3-5(9(11,12)13)7(10(14,15)16)6(4)8(17)18/h2-3H,1H3,(H2,17,18). The van der Waals surface area contributed by atoms with E-state index in [1.807, 2.05) is 0 Å². The van der Waals surface area contributed by atoms with Crippen molar-refractivity contribution >= 4 is 5.91 Å². The van der Waals surface area contributed by atoms with E-state index in [-0.39, 0.29) is 11.6 Å². The van der Waals surface area contributed by atoms with Crippen LogP contribution in [0.4, 0.5) is 26.3 Å². The number of halogens is 6. The molecule has 8 heteroatoms. The Hall–Kier alpha value is -1.73. The van der Waals surface area contributed by atoms with E-state index in [4.69, 9.17) is 5.73 Å². The van der Waals surface area contributed by atoms with Gasteiger partial charge in [-0.3, -0.25) is 4.79 Å². The second-order valence-corrected chi connectivity index (χ2v) is 3.54. The highest BCUT2D eigenvalue weighted by Crippen LogP contribution is 2.42. The number of primary amides is 1. The molecule has 1 amide bonds. The predicted octanol–water partition coefficient (Wildman–Crippen LogP) is 3.13. The van der Waals surface area contributed by atoms with Gasteiger partial charge in [-0.2, -0.15) is 26.3 Å². The molecule has 0 aliphatic heterocycles. The zero-order valence-corrected chi connectivity index (χ0v) is 8.91. The summed E-state index contributed by atoms with van der Waals surface area (Å²) in [5.41, 5.74) is -0.660. The van der Waals surface area contributed by atoms with E-state index in [0.717, 1.165) is 13.0 Å². The third-order valence-electron chi connectivity index (χ3n) is 2.25. The second kappa shape index (κ2) is 4.18. The zero-order chi connectivity index (χ0) is 14.3. The van der Waals surface area contributed by atoms with Crippen molar-refractivity contribution in [1.29, 1.82) is 0 Å². The lowest BCUT2D eigenvalue weighted by Gasteiger charge is -2.19. The molecule has 0 saturated carbocycles. The predicted molar refractivity (Wildman–Crippen MR) is 49.7 cm³/mol. The van der Waals surface area contributed by atoms with E-state index in [0.29, 0.717) is 0 Å². The van der Waals surface area contributed by atoms with Gasteiger partial charge in [0.25, 0.3) is 0 Å². The van der Waals surface area contributed by atoms with Crippen molar-refractivity contribution in [2.75, 3.05) is 0 Å². The number of benzene rings is 1. The maximum Gasteiger partial charge on any atom is 0.417 e. The number of aryl methyl sites for hydroxylation is 1. The van der Waals surface area contributed by atoms with Crippen LogP contribution < -0.4 is 5.73 Å². The molecule has 1 aromatic carbocycles. The maximum absolute atomic E-state index is 12.7. The summed E-state index contributed by atoms with van der Waals surface area (Å²) in [7, 11) is 0. The highest BCUT2D eigenvalue weighted by atomic mass is 19.4. The van der Waals surface area contributed by atoms with E-state index in [2.05, 4.69) is 0 Å². The molecule has 0 aliphatic carbocycles. The highest BCUT2D eigenvalue weighted by Gasteiger charge is 2.46. The molecule has 0 radical (unpaired) electrons. The van der Waals surface area contributed by atoms with Crippen LogP contribution >= 0.6 is 0 Å². The fourth-order valence-corrected chi connectivity index (χ4v) is 1.56. The van der Waals surface area contributed by atoms with E-state index >= 15 is 0 Å². The number of nitrogens with two attached hydrogens (primary N) is 1. The summed E-state index contributed by atoms with van der Waals surface area (Å²) in [6.07, 6.45) is -10.5. The first-order valence-electron chi connectivity index (χ1n) is 4.54. The van der Waals surface area contributed by atoms with Crippen LogP contribution in [0.3, 0.4) is 0 Å². The van der Waals surface area contributed by atoms with Gasteiger partial charge in [0.1, 0.15) is 0 Å². The van der Waals surface area contributed by atoms with Gasteiger partial charge < -0.3 is 5.73 Å². The van der Waals surface area contributed by atoms with E-state index in [1.54, 1.807) is 0 Å². The number of hydrogen-bond donors (Lipinski definition) is 1. The Bertz CT molecular complexity index is 488. The average molecular weight is 271 g/mol. The first-order chi connectivity index (χ1) is 7.96. The number of alkyl halides is 6. The Balaban J connectivity index is 3.78. The molecule has 0 fully saturated rings. The van der Waals surface area contributed by atoms with Crippen molar-refractivity contribution in [3.8, 4) is 0 Å². The van der Waals surface area contributed by atoms with Crippen LogP contribution in [0.5, 0.6) is 0 Å². The largest absolute Gasteiger partial charge is 0.417 e. The number of carbonyl (C=O) groups is 1. The Kier molecular flexibility index (Phi) is 3.33. The Labute approximate surface area is 97.4 Å². The van der Waals surface area contributed by atoms with Crippen molar-refractivity contribution in [1.82, 2.24) is 0 Å². The molecule has 0 aromatic heterocycles. The molecule has 1 aromatic rings. The van der Waals surface area contributed by atoms with Crippen molar-refractivity contribution in [2.24, 2.45) is 5.73 Å². The van der Waals surface area contributed by atoms with Gasteiger partial charge in [0.2, 0.25) is 5.91 Å². The van der Waals surface area contributed by atoms with Gasteiger partial charge >= 0.3 is 12.4 Å². The Morgan fingerprint density at radius 2 is 1.56 bits per heavy atom. The van der Waals surface area contributed by atoms with Gasteiger partial charge in [0.15, 0.2) is 0 Å². The van der Waals surface area contributed by atoms with Crippen LogP contribution in [0, 0.1) is 6.92 Å². The van der Waals surface area contributed by atoms with E-state index in [1.165, 1.54) is 0 Å². The minimum absolute atomic E-state index is 0.261. The smallest absolute Gasteiger partial charge is 0.366 e. The van der Waals surface area contributed by atoms with Gasteiger partial charge in [0.05, 0.1) is 16.7 Å². The summed E-state index contributed by atoms with van der Waals surface area (Å²) in [4.78, 5) is 10.9. The first kappa shape index (κ1) is 14.3. The molecule has 1 rings (SSSR count). The Morgan fingerprint density at radius 3 is 1.89 bits per heavy atom. The number of amides is 1. The van der Waals surface area contributed by atoms with Crippen LogP contribution in [0.15, 0.2) is 12.1 Å². The molecular formula is C10H7F6NO. The van der Waals surface area contributed by atoms with Gasteiger partial charge in [-0.15, -0.1) is 0 Å². The number of carbonyl (C=O) groups excluding carboxylic acids is 1. The molecule has 0 saturated heterocycles.